The van der Waals surface area contributed by atoms with Crippen molar-refractivity contribution in [1.82, 2.24) is 10.1 Å². The molecule has 1 saturated heterocycles. The highest BCUT2D eigenvalue weighted by molar-refractivity contribution is 5.03. The van der Waals surface area contributed by atoms with Crippen molar-refractivity contribution in [3.63, 3.8) is 0 Å². The second-order valence-electron chi connectivity index (χ2n) is 4.78. The number of piperidine rings is 1. The van der Waals surface area contributed by atoms with Gasteiger partial charge in [0.25, 0.3) is 0 Å². The van der Waals surface area contributed by atoms with Gasteiger partial charge in [-0.05, 0) is 26.7 Å². The van der Waals surface area contributed by atoms with Crippen LogP contribution in [0.5, 0.6) is 0 Å². The molecule has 0 spiro atoms. The Morgan fingerprint density at radius 2 is 2.38 bits per heavy atom. The van der Waals surface area contributed by atoms with Crippen LogP contribution in [0.15, 0.2) is 10.6 Å². The molecule has 0 saturated carbocycles. The van der Waals surface area contributed by atoms with Crippen molar-refractivity contribution >= 4 is 0 Å². The Bertz CT molecular complexity index is 337. The molecule has 0 aliphatic carbocycles. The second-order valence-corrected chi connectivity index (χ2v) is 4.78. The topological polar surface area (TPSA) is 55.3 Å². The summed E-state index contributed by atoms with van der Waals surface area (Å²) < 4.78 is 5.28. The molecule has 16 heavy (non-hydrogen) atoms. The number of nitrogens with two attached hydrogens (primary N) is 1. The number of rotatable bonds is 3. The van der Waals surface area contributed by atoms with Crippen LogP contribution in [0.1, 0.15) is 37.6 Å². The Morgan fingerprint density at radius 3 is 3.00 bits per heavy atom. The lowest BCUT2D eigenvalue weighted by Crippen LogP contribution is -2.48. The minimum absolute atomic E-state index is 0.495. The average molecular weight is 223 g/mol. The van der Waals surface area contributed by atoms with E-state index in [4.69, 9.17) is 10.3 Å². The third-order valence-electron chi connectivity index (χ3n) is 3.48. The third-order valence-corrected chi connectivity index (χ3v) is 3.48. The predicted molar refractivity (Wildman–Crippen MR) is 62.9 cm³/mol. The van der Waals surface area contributed by atoms with Gasteiger partial charge in [0.1, 0.15) is 0 Å². The van der Waals surface area contributed by atoms with Gasteiger partial charge in [0.2, 0.25) is 0 Å². The van der Waals surface area contributed by atoms with E-state index in [1.54, 1.807) is 0 Å². The Hall–Kier alpha value is -0.870. The molecule has 2 N–H and O–H groups in total. The normalized spacial score (nSPS) is 27.2. The predicted octanol–water partition coefficient (Wildman–Crippen LogP) is 1.68. The molecular formula is C12H21N3O. The van der Waals surface area contributed by atoms with Gasteiger partial charge in [0.15, 0.2) is 5.76 Å². The molecule has 1 fully saturated rings. The van der Waals surface area contributed by atoms with E-state index in [0.717, 1.165) is 24.5 Å². The van der Waals surface area contributed by atoms with Gasteiger partial charge in [0.05, 0.1) is 12.2 Å². The summed E-state index contributed by atoms with van der Waals surface area (Å²) in [4.78, 5) is 2.45. The van der Waals surface area contributed by atoms with E-state index >= 15 is 0 Å². The molecule has 4 heteroatoms. The number of nitrogens with zero attached hydrogens (tertiary/aromatic N) is 2. The van der Waals surface area contributed by atoms with Gasteiger partial charge >= 0.3 is 0 Å². The fourth-order valence-corrected chi connectivity index (χ4v) is 2.55. The number of hydrogen-bond donors (Lipinski definition) is 1. The highest BCUT2D eigenvalue weighted by Crippen LogP contribution is 2.24. The highest BCUT2D eigenvalue weighted by atomic mass is 16.5. The number of hydrogen-bond acceptors (Lipinski definition) is 4. The van der Waals surface area contributed by atoms with Gasteiger partial charge in [-0.3, -0.25) is 4.90 Å². The van der Waals surface area contributed by atoms with Gasteiger partial charge in [-0.1, -0.05) is 11.6 Å². The van der Waals surface area contributed by atoms with Crippen LogP contribution in [0.25, 0.3) is 0 Å². The Balaban J connectivity index is 2.05. The van der Waals surface area contributed by atoms with Gasteiger partial charge in [-0.15, -0.1) is 0 Å². The molecule has 0 bridgehead atoms. The van der Waals surface area contributed by atoms with Crippen molar-refractivity contribution in [2.75, 3.05) is 6.54 Å². The molecule has 2 rings (SSSR count). The maximum absolute atomic E-state index is 5.83. The van der Waals surface area contributed by atoms with Crippen LogP contribution >= 0.6 is 0 Å². The van der Waals surface area contributed by atoms with Crippen molar-refractivity contribution < 1.29 is 4.52 Å². The van der Waals surface area contributed by atoms with Crippen molar-refractivity contribution in [2.45, 2.75) is 51.7 Å². The zero-order valence-corrected chi connectivity index (χ0v) is 10.1. The molecule has 90 valence electrons. The number of likely N-dealkylation sites (tertiary alicyclic amines) is 1. The summed E-state index contributed by atoms with van der Waals surface area (Å²) in [5, 5.41) is 3.93. The molecule has 1 aromatic rings. The summed E-state index contributed by atoms with van der Waals surface area (Å²) in [6.07, 6.45) is 3.74. The molecule has 1 aliphatic rings. The number of aryl methyl sites for hydroxylation is 1. The maximum atomic E-state index is 5.83. The van der Waals surface area contributed by atoms with E-state index in [0.29, 0.717) is 12.1 Å². The molecule has 1 aromatic heterocycles. The first kappa shape index (κ1) is 11.6. The molecule has 1 aliphatic heterocycles. The van der Waals surface area contributed by atoms with Crippen LogP contribution in [0, 0.1) is 6.92 Å². The largest absolute Gasteiger partial charge is 0.360 e. The Kier molecular flexibility index (Phi) is 3.61. The molecular weight excluding hydrogens is 202 g/mol. The molecule has 4 nitrogen and oxygen atoms in total. The molecule has 2 heterocycles. The van der Waals surface area contributed by atoms with E-state index in [9.17, 15) is 0 Å². The van der Waals surface area contributed by atoms with Crippen molar-refractivity contribution in [1.29, 1.82) is 0 Å². The van der Waals surface area contributed by atoms with Gasteiger partial charge in [-0.2, -0.15) is 0 Å². The molecule has 0 aromatic carbocycles. The van der Waals surface area contributed by atoms with Crippen LogP contribution in [0.3, 0.4) is 0 Å². The van der Waals surface area contributed by atoms with Crippen LogP contribution in [-0.4, -0.2) is 28.7 Å². The lowest BCUT2D eigenvalue weighted by molar-refractivity contribution is 0.0789. The summed E-state index contributed by atoms with van der Waals surface area (Å²) >= 11 is 0. The molecule has 2 unspecified atom stereocenters. The zero-order valence-electron chi connectivity index (χ0n) is 10.1. The average Bonchev–Trinajstić information content (AvgIpc) is 2.67. The van der Waals surface area contributed by atoms with Gasteiger partial charge in [0, 0.05) is 24.7 Å². The van der Waals surface area contributed by atoms with E-state index in [1.807, 2.05) is 13.0 Å². The zero-order chi connectivity index (χ0) is 11.5. The summed E-state index contributed by atoms with van der Waals surface area (Å²) in [5.74, 6) is 0.949. The number of aromatic nitrogens is 1. The highest BCUT2D eigenvalue weighted by Gasteiger charge is 2.27. The molecule has 2 atom stereocenters. The second kappa shape index (κ2) is 4.97. The monoisotopic (exact) mass is 223 g/mol. The Morgan fingerprint density at radius 1 is 1.56 bits per heavy atom. The molecule has 0 amide bonds. The quantitative estimate of drug-likeness (QED) is 0.847. The maximum Gasteiger partial charge on any atom is 0.150 e. The fraction of sp³-hybridized carbons (Fsp3) is 0.750. The van der Waals surface area contributed by atoms with Crippen molar-refractivity contribution in [2.24, 2.45) is 5.73 Å². The first-order valence-electron chi connectivity index (χ1n) is 6.08. The summed E-state index contributed by atoms with van der Waals surface area (Å²) in [6.45, 7) is 5.79. The summed E-state index contributed by atoms with van der Waals surface area (Å²) in [5.41, 5.74) is 6.77. The van der Waals surface area contributed by atoms with Crippen molar-refractivity contribution in [3.05, 3.63) is 17.5 Å². The van der Waals surface area contributed by atoms with Crippen molar-refractivity contribution in [3.8, 4) is 0 Å². The van der Waals surface area contributed by atoms with Crippen LogP contribution in [0.2, 0.25) is 0 Å². The minimum Gasteiger partial charge on any atom is -0.360 e. The molecule has 0 radical (unpaired) electrons. The first-order chi connectivity index (χ1) is 7.70. The van der Waals surface area contributed by atoms with Gasteiger partial charge in [-0.25, -0.2) is 0 Å². The summed E-state index contributed by atoms with van der Waals surface area (Å²) in [6, 6.07) is 3.09. The van der Waals surface area contributed by atoms with Crippen LogP contribution in [-0.2, 0) is 6.54 Å². The fourth-order valence-electron chi connectivity index (χ4n) is 2.55. The lowest BCUT2D eigenvalue weighted by Gasteiger charge is -2.39. The van der Waals surface area contributed by atoms with E-state index in [2.05, 4.69) is 17.0 Å². The van der Waals surface area contributed by atoms with E-state index in [1.165, 1.54) is 19.3 Å². The standard InChI is InChI=1S/C12H21N3O/c1-9-6-12(16-14-9)8-15-10(2)4-3-5-11(15)7-13/h6,10-11H,3-5,7-8,13H2,1-2H3. The third kappa shape index (κ3) is 2.44. The van der Waals surface area contributed by atoms with E-state index < -0.39 is 0 Å². The summed E-state index contributed by atoms with van der Waals surface area (Å²) in [7, 11) is 0. The van der Waals surface area contributed by atoms with E-state index in [-0.39, 0.29) is 0 Å². The minimum atomic E-state index is 0.495. The lowest BCUT2D eigenvalue weighted by atomic mass is 9.96. The van der Waals surface area contributed by atoms with Crippen LogP contribution in [0.4, 0.5) is 0 Å². The SMILES string of the molecule is Cc1cc(CN2C(C)CCCC2CN)on1. The first-order valence-corrected chi connectivity index (χ1v) is 6.08. The smallest absolute Gasteiger partial charge is 0.150 e. The Labute approximate surface area is 96.8 Å². The van der Waals surface area contributed by atoms with Gasteiger partial charge < -0.3 is 10.3 Å². The van der Waals surface area contributed by atoms with Crippen LogP contribution < -0.4 is 5.73 Å².